The Balaban J connectivity index is 0.00000209. The number of nitrogens with one attached hydrogen (secondary N) is 2. The van der Waals surface area contributed by atoms with Crippen molar-refractivity contribution in [3.05, 3.63) is 107 Å². The van der Waals surface area contributed by atoms with E-state index in [9.17, 15) is 28.8 Å². The van der Waals surface area contributed by atoms with Crippen LogP contribution in [0.5, 0.6) is 11.5 Å². The van der Waals surface area contributed by atoms with Crippen LogP contribution in [-0.2, 0) is 81.4 Å². The van der Waals surface area contributed by atoms with Gasteiger partial charge in [-0.05, 0) is 74.1 Å². The molecule has 2 N–H and O–H groups in total. The second-order valence-corrected chi connectivity index (χ2v) is 22.9. The van der Waals surface area contributed by atoms with Crippen molar-refractivity contribution in [1.29, 1.82) is 0 Å². The average molecular weight is 1090 g/mol. The molecule has 0 spiro atoms. The van der Waals surface area contributed by atoms with Crippen LogP contribution in [0.25, 0.3) is 0 Å². The number of benzene rings is 3. The number of morpholine rings is 1. The number of carbonyl (C=O) groups excluding carboxylic acids is 6. The van der Waals surface area contributed by atoms with Crippen molar-refractivity contribution in [2.24, 2.45) is 30.7 Å². The molecule has 5 atom stereocenters. The molecule has 0 aliphatic carbocycles. The van der Waals surface area contributed by atoms with Gasteiger partial charge in [0.25, 0.3) is 0 Å². The number of ketones is 3. The lowest BCUT2D eigenvalue weighted by molar-refractivity contribution is -0.940. The molecule has 2 amide bonds. The molecule has 1 aromatic heterocycles. The van der Waals surface area contributed by atoms with Crippen molar-refractivity contribution in [2.45, 2.75) is 124 Å². The van der Waals surface area contributed by atoms with Gasteiger partial charge in [-0.2, -0.15) is 0 Å². The quantitative estimate of drug-likeness (QED) is 0.0219. The maximum atomic E-state index is 14.7. The van der Waals surface area contributed by atoms with E-state index in [2.05, 4.69) is 20.9 Å². The van der Waals surface area contributed by atoms with Crippen LogP contribution < -0.4 is 20.1 Å². The maximum absolute atomic E-state index is 14.7. The summed E-state index contributed by atoms with van der Waals surface area (Å²) in [5, 5.41) is 14.3. The standard InChI is InChI=1S/C56H74N6O10.CH4O3S/c1-8-52(65)72-47-22-21-43(51(32-47)70-36-45-33-61(7)60-59-45)34-62(23-25-69-26-24-62)35-46(63)30-42(20-19-40-15-11-9-12-16-40)54(67)57-48(27-38(2)3)50(64)31-44(29-41-17-13-10-14-18-41)55(68)58-49(28-39(4)5)53(66)56(6)37-71-56;1-5(2,3)4/h9-18,21-22,32-33,38-39,42,44,48-49H,8,19-20,23-31,34-37H2,1-7H3,(H-,57,58,67,68);1H3,(H,2,3,4)/t42-,44-,48+,49+,56-;/m1./s1. The summed E-state index contributed by atoms with van der Waals surface area (Å²) in [6.45, 7) is 14.2. The zero-order valence-corrected chi connectivity index (χ0v) is 46.7. The minimum atomic E-state index is -3.92. The lowest BCUT2D eigenvalue weighted by atomic mass is 9.87. The summed E-state index contributed by atoms with van der Waals surface area (Å²) in [4.78, 5) is 84.1. The number of carbonyl (C=O) groups is 6. The molecule has 2 aliphatic rings. The van der Waals surface area contributed by atoms with Crippen molar-refractivity contribution in [1.82, 2.24) is 25.6 Å². The number of aryl methyl sites for hydroxylation is 2. The summed E-state index contributed by atoms with van der Waals surface area (Å²) in [7, 11) is -2.15. The summed E-state index contributed by atoms with van der Waals surface area (Å²) in [5.41, 5.74) is 2.34. The number of rotatable bonds is 29. The molecule has 3 aromatic carbocycles. The van der Waals surface area contributed by atoms with Gasteiger partial charge < -0.3 is 38.6 Å². The van der Waals surface area contributed by atoms with Crippen LogP contribution in [-0.4, -0.2) is 131 Å². The zero-order chi connectivity index (χ0) is 56.3. The summed E-state index contributed by atoms with van der Waals surface area (Å²) < 4.78 is 52.3. The van der Waals surface area contributed by atoms with Crippen molar-refractivity contribution in [2.75, 3.05) is 45.7 Å². The summed E-state index contributed by atoms with van der Waals surface area (Å²) in [6, 6.07) is 22.8. The summed E-state index contributed by atoms with van der Waals surface area (Å²) in [6.07, 6.45) is 4.22. The molecular formula is C57H78N6O13S. The minimum absolute atomic E-state index is 0.00492. The number of aromatic nitrogens is 3. The first kappa shape index (κ1) is 61.7. The molecule has 77 heavy (non-hydrogen) atoms. The van der Waals surface area contributed by atoms with Crippen molar-refractivity contribution in [3.8, 4) is 11.5 Å². The molecule has 0 radical (unpaired) electrons. The Morgan fingerprint density at radius 1 is 0.844 bits per heavy atom. The van der Waals surface area contributed by atoms with E-state index in [-0.39, 0.29) is 74.0 Å². The van der Waals surface area contributed by atoms with Gasteiger partial charge in [0.05, 0.1) is 48.2 Å². The SMILES string of the molecule is CCC(=O)Oc1ccc(C[N+]2(CC(=O)C[C@@H](CCc3ccccc3)C(=O)N[C@@H](CC(C)C)C(=O)C[C@@H](Cc3ccccc3)C(=O)N[C@@H](CC(C)C)C(=O)[C@@]3(C)CO3)CCOCC2)c(OCc2cn(C)nn2)c1.CS(=O)(=O)[O-]. The Morgan fingerprint density at radius 3 is 2.00 bits per heavy atom. The highest BCUT2D eigenvalue weighted by Crippen LogP contribution is 2.32. The number of hydrogen-bond donors (Lipinski definition) is 2. The van der Waals surface area contributed by atoms with Crippen LogP contribution in [0.4, 0.5) is 0 Å². The van der Waals surface area contributed by atoms with Gasteiger partial charge in [0.1, 0.15) is 55.6 Å². The van der Waals surface area contributed by atoms with Gasteiger partial charge in [-0.1, -0.05) is 100 Å². The molecular weight excluding hydrogens is 1010 g/mol. The molecule has 2 fully saturated rings. The van der Waals surface area contributed by atoms with Crippen LogP contribution in [0.2, 0.25) is 0 Å². The first-order valence-electron chi connectivity index (χ1n) is 26.5. The number of nitrogens with zero attached hydrogens (tertiary/aromatic N) is 4. The number of ether oxygens (including phenoxy) is 4. The van der Waals surface area contributed by atoms with Gasteiger partial charge in [-0.25, -0.2) is 8.42 Å². The van der Waals surface area contributed by atoms with Crippen molar-refractivity contribution in [3.63, 3.8) is 0 Å². The molecule has 0 saturated carbocycles. The second-order valence-electron chi connectivity index (χ2n) is 21.5. The molecule has 0 bridgehead atoms. The first-order valence-corrected chi connectivity index (χ1v) is 28.3. The van der Waals surface area contributed by atoms with Gasteiger partial charge >= 0.3 is 5.97 Å². The van der Waals surface area contributed by atoms with E-state index >= 15 is 0 Å². The third-order valence-corrected chi connectivity index (χ3v) is 13.5. The minimum Gasteiger partial charge on any atom is -0.748 e. The van der Waals surface area contributed by atoms with Crippen LogP contribution in [0, 0.1) is 23.7 Å². The molecule has 20 heteroatoms. The number of hydrogen-bond acceptors (Lipinski definition) is 15. The monoisotopic (exact) mass is 1090 g/mol. The highest BCUT2D eigenvalue weighted by molar-refractivity contribution is 7.84. The van der Waals surface area contributed by atoms with Gasteiger partial charge in [-0.3, -0.25) is 33.4 Å². The summed E-state index contributed by atoms with van der Waals surface area (Å²) in [5.74, 6) is -2.44. The third kappa shape index (κ3) is 21.3. The van der Waals surface area contributed by atoms with Gasteiger partial charge in [0.15, 0.2) is 17.3 Å². The first-order chi connectivity index (χ1) is 36.4. The smallest absolute Gasteiger partial charge is 0.310 e. The Hall–Kier alpha value is -6.19. The van der Waals surface area contributed by atoms with E-state index in [1.54, 1.807) is 43.9 Å². The molecule has 2 saturated heterocycles. The third-order valence-electron chi connectivity index (χ3n) is 13.5. The normalized spacial score (nSPS) is 17.4. The second kappa shape index (κ2) is 29.0. The van der Waals surface area contributed by atoms with Gasteiger partial charge in [0, 0.05) is 56.0 Å². The fraction of sp³-hybridized carbons (Fsp3) is 0.544. The van der Waals surface area contributed by atoms with Crippen molar-refractivity contribution < 1.29 is 65.2 Å². The Kier molecular flexibility index (Phi) is 23.2. The highest BCUT2D eigenvalue weighted by Gasteiger charge is 2.50. The Bertz CT molecular complexity index is 2700. The fourth-order valence-electron chi connectivity index (χ4n) is 9.35. The lowest BCUT2D eigenvalue weighted by Crippen LogP contribution is -2.57. The van der Waals surface area contributed by atoms with E-state index < -0.39 is 51.5 Å². The predicted molar refractivity (Wildman–Crippen MR) is 286 cm³/mol. The lowest BCUT2D eigenvalue weighted by Gasteiger charge is -2.41. The Labute approximate surface area is 453 Å². The molecule has 4 aromatic rings. The van der Waals surface area contributed by atoms with E-state index in [0.717, 1.165) is 16.7 Å². The topological polar surface area (TPSA) is 255 Å². The Morgan fingerprint density at radius 2 is 1.43 bits per heavy atom. The van der Waals surface area contributed by atoms with Crippen LogP contribution >= 0.6 is 0 Å². The van der Waals surface area contributed by atoms with Crippen molar-refractivity contribution >= 4 is 45.3 Å². The van der Waals surface area contributed by atoms with Crippen LogP contribution in [0.15, 0.2) is 85.1 Å². The van der Waals surface area contributed by atoms with Gasteiger partial charge in [-0.15, -0.1) is 5.10 Å². The zero-order valence-electron chi connectivity index (χ0n) is 45.9. The van der Waals surface area contributed by atoms with Gasteiger partial charge in [0.2, 0.25) is 11.8 Å². The number of epoxide rings is 1. The van der Waals surface area contributed by atoms with E-state index in [4.69, 9.17) is 31.9 Å². The number of amides is 2. The number of Topliss-reactive ketones (excluding diaryl/α,β-unsaturated/α-hetero) is 3. The molecule has 19 nitrogen and oxygen atoms in total. The van der Waals surface area contributed by atoms with Crippen LogP contribution in [0.3, 0.4) is 0 Å². The molecule has 6 rings (SSSR count). The fourth-order valence-corrected chi connectivity index (χ4v) is 9.35. The molecule has 3 heterocycles. The predicted octanol–water partition coefficient (Wildman–Crippen LogP) is 5.66. The summed E-state index contributed by atoms with van der Waals surface area (Å²) >= 11 is 0. The number of quaternary nitrogens is 1. The number of esters is 1. The molecule has 0 unspecified atom stereocenters. The molecule has 420 valence electrons. The van der Waals surface area contributed by atoms with E-state index in [0.29, 0.717) is 93.1 Å². The van der Waals surface area contributed by atoms with E-state index in [1.807, 2.05) is 94.4 Å². The highest BCUT2D eigenvalue weighted by atomic mass is 32.2. The van der Waals surface area contributed by atoms with Crippen LogP contribution in [0.1, 0.15) is 102 Å². The molecule has 2 aliphatic heterocycles. The van der Waals surface area contributed by atoms with E-state index in [1.165, 1.54) is 0 Å². The average Bonchev–Trinajstić information content (AvgIpc) is 3.99. The largest absolute Gasteiger partial charge is 0.748 e. The maximum Gasteiger partial charge on any atom is 0.310 e.